The third-order valence-corrected chi connectivity index (χ3v) is 4.93. The molecule has 0 atom stereocenters. The van der Waals surface area contributed by atoms with Crippen LogP contribution < -0.4 is 5.32 Å². The van der Waals surface area contributed by atoms with Crippen LogP contribution in [0.1, 0.15) is 28.8 Å². The van der Waals surface area contributed by atoms with E-state index in [2.05, 4.69) is 27.5 Å². The van der Waals surface area contributed by atoms with Crippen LogP contribution in [-0.4, -0.2) is 42.3 Å². The lowest BCUT2D eigenvalue weighted by atomic mass is 10.1. The van der Waals surface area contributed by atoms with Crippen molar-refractivity contribution in [2.24, 2.45) is 0 Å². The SMILES string of the molecule is Cc1noc(Cl)c1CCC(=O)NCc1ccccc1CN1CCOCC1. The van der Waals surface area contributed by atoms with Crippen molar-refractivity contribution in [3.63, 3.8) is 0 Å². The molecular weight excluding hydrogens is 354 g/mol. The Hall–Kier alpha value is -1.89. The Morgan fingerprint density at radius 2 is 2.00 bits per heavy atom. The number of rotatable bonds is 7. The number of hydrogen-bond acceptors (Lipinski definition) is 5. The van der Waals surface area contributed by atoms with Gasteiger partial charge in [-0.3, -0.25) is 9.69 Å². The number of carbonyl (C=O) groups is 1. The third-order valence-electron chi connectivity index (χ3n) is 4.63. The minimum absolute atomic E-state index is 0.0113. The largest absolute Gasteiger partial charge is 0.379 e. The predicted octanol–water partition coefficient (Wildman–Crippen LogP) is 2.72. The van der Waals surface area contributed by atoms with Crippen LogP contribution in [0.15, 0.2) is 28.8 Å². The van der Waals surface area contributed by atoms with Crippen molar-refractivity contribution >= 4 is 17.5 Å². The lowest BCUT2D eigenvalue weighted by Crippen LogP contribution is -2.36. The topological polar surface area (TPSA) is 67.6 Å². The molecule has 0 unspecified atom stereocenters. The normalized spacial score (nSPS) is 15.2. The van der Waals surface area contributed by atoms with E-state index in [9.17, 15) is 4.79 Å². The van der Waals surface area contributed by atoms with Gasteiger partial charge in [-0.05, 0) is 36.1 Å². The van der Waals surface area contributed by atoms with Crippen molar-refractivity contribution in [2.45, 2.75) is 32.9 Å². The molecule has 1 aromatic heterocycles. The monoisotopic (exact) mass is 377 g/mol. The van der Waals surface area contributed by atoms with Crippen molar-refractivity contribution in [3.8, 4) is 0 Å². The maximum absolute atomic E-state index is 12.2. The molecule has 1 N–H and O–H groups in total. The second-order valence-electron chi connectivity index (χ2n) is 6.45. The van der Waals surface area contributed by atoms with E-state index in [1.165, 1.54) is 5.56 Å². The van der Waals surface area contributed by atoms with Gasteiger partial charge in [-0.2, -0.15) is 0 Å². The molecule has 26 heavy (non-hydrogen) atoms. The number of nitrogens with one attached hydrogen (secondary N) is 1. The number of aromatic nitrogens is 1. The summed E-state index contributed by atoms with van der Waals surface area (Å²) in [5.74, 6) is -0.0113. The highest BCUT2D eigenvalue weighted by atomic mass is 35.5. The number of amides is 1. The van der Waals surface area contributed by atoms with Gasteiger partial charge in [0.2, 0.25) is 11.1 Å². The van der Waals surface area contributed by atoms with E-state index in [0.29, 0.717) is 19.4 Å². The number of aryl methyl sites for hydroxylation is 1. The molecular formula is C19H24ClN3O3. The fourth-order valence-electron chi connectivity index (χ4n) is 3.05. The fraction of sp³-hybridized carbons (Fsp3) is 0.474. The van der Waals surface area contributed by atoms with Crippen LogP contribution in [0, 0.1) is 6.92 Å². The Balaban J connectivity index is 1.51. The highest BCUT2D eigenvalue weighted by Gasteiger charge is 2.14. The van der Waals surface area contributed by atoms with Gasteiger partial charge in [0.05, 0.1) is 18.9 Å². The summed E-state index contributed by atoms with van der Waals surface area (Å²) in [5, 5.41) is 7.07. The zero-order valence-corrected chi connectivity index (χ0v) is 15.7. The first-order chi connectivity index (χ1) is 12.6. The second kappa shape index (κ2) is 9.16. The van der Waals surface area contributed by atoms with E-state index < -0.39 is 0 Å². The molecule has 0 saturated carbocycles. The van der Waals surface area contributed by atoms with Crippen LogP contribution in [-0.2, 0) is 29.0 Å². The Bertz CT molecular complexity index is 722. The molecule has 7 heteroatoms. The van der Waals surface area contributed by atoms with Gasteiger partial charge in [0.25, 0.3) is 0 Å². The summed E-state index contributed by atoms with van der Waals surface area (Å²) in [4.78, 5) is 14.6. The van der Waals surface area contributed by atoms with Gasteiger partial charge in [0.15, 0.2) is 0 Å². The molecule has 140 valence electrons. The first-order valence-corrected chi connectivity index (χ1v) is 9.25. The van der Waals surface area contributed by atoms with Gasteiger partial charge < -0.3 is 14.6 Å². The standard InChI is InChI=1S/C19H24ClN3O3/c1-14-17(19(20)26-22-14)6-7-18(24)21-12-15-4-2-3-5-16(15)13-23-8-10-25-11-9-23/h2-5H,6-13H2,1H3,(H,21,24). The van der Waals surface area contributed by atoms with E-state index in [0.717, 1.165) is 49.7 Å². The summed E-state index contributed by atoms with van der Waals surface area (Å²) >= 11 is 5.94. The summed E-state index contributed by atoms with van der Waals surface area (Å²) in [6.07, 6.45) is 0.878. The summed E-state index contributed by atoms with van der Waals surface area (Å²) in [6, 6.07) is 8.23. The molecule has 1 amide bonds. The second-order valence-corrected chi connectivity index (χ2v) is 6.80. The van der Waals surface area contributed by atoms with E-state index in [-0.39, 0.29) is 11.1 Å². The zero-order chi connectivity index (χ0) is 18.4. The number of morpholine rings is 1. The smallest absolute Gasteiger partial charge is 0.229 e. The number of carbonyl (C=O) groups excluding carboxylic acids is 1. The number of hydrogen-bond donors (Lipinski definition) is 1. The van der Waals surface area contributed by atoms with Crippen molar-refractivity contribution in [3.05, 3.63) is 51.9 Å². The van der Waals surface area contributed by atoms with Crippen LogP contribution in [0.25, 0.3) is 0 Å². The van der Waals surface area contributed by atoms with Crippen LogP contribution in [0.5, 0.6) is 0 Å². The van der Waals surface area contributed by atoms with Crippen LogP contribution >= 0.6 is 11.6 Å². The Labute approximate surface area is 158 Å². The van der Waals surface area contributed by atoms with Gasteiger partial charge in [-0.1, -0.05) is 29.4 Å². The summed E-state index contributed by atoms with van der Waals surface area (Å²) in [7, 11) is 0. The molecule has 1 fully saturated rings. The van der Waals surface area contributed by atoms with Gasteiger partial charge in [-0.15, -0.1) is 0 Å². The van der Waals surface area contributed by atoms with Gasteiger partial charge in [0.1, 0.15) is 0 Å². The first-order valence-electron chi connectivity index (χ1n) is 8.87. The molecule has 0 radical (unpaired) electrons. The average Bonchev–Trinajstić information content (AvgIpc) is 2.98. The molecule has 3 rings (SSSR count). The van der Waals surface area contributed by atoms with Crippen molar-refractivity contribution in [1.82, 2.24) is 15.4 Å². The van der Waals surface area contributed by atoms with Crippen LogP contribution in [0.3, 0.4) is 0 Å². The summed E-state index contributed by atoms with van der Waals surface area (Å²) in [5.41, 5.74) is 3.92. The number of ether oxygens (including phenoxy) is 1. The maximum Gasteiger partial charge on any atom is 0.229 e. The van der Waals surface area contributed by atoms with Crippen molar-refractivity contribution in [1.29, 1.82) is 0 Å². The van der Waals surface area contributed by atoms with Crippen molar-refractivity contribution < 1.29 is 14.1 Å². The maximum atomic E-state index is 12.2. The molecule has 1 saturated heterocycles. The molecule has 1 aliphatic heterocycles. The van der Waals surface area contributed by atoms with E-state index in [4.69, 9.17) is 20.9 Å². The molecule has 2 aromatic rings. The Morgan fingerprint density at radius 3 is 2.69 bits per heavy atom. The molecule has 0 aliphatic carbocycles. The van der Waals surface area contributed by atoms with E-state index in [1.807, 2.05) is 19.1 Å². The molecule has 1 aliphatic rings. The molecule has 2 heterocycles. The lowest BCUT2D eigenvalue weighted by molar-refractivity contribution is -0.121. The molecule has 1 aromatic carbocycles. The minimum atomic E-state index is -0.0113. The fourth-order valence-corrected chi connectivity index (χ4v) is 3.31. The molecule has 0 bridgehead atoms. The van der Waals surface area contributed by atoms with Crippen molar-refractivity contribution in [2.75, 3.05) is 26.3 Å². The highest BCUT2D eigenvalue weighted by Crippen LogP contribution is 2.20. The predicted molar refractivity (Wildman–Crippen MR) is 99.0 cm³/mol. The summed E-state index contributed by atoms with van der Waals surface area (Å²) in [6.45, 7) is 6.68. The van der Waals surface area contributed by atoms with Crippen LogP contribution in [0.2, 0.25) is 5.22 Å². The van der Waals surface area contributed by atoms with E-state index >= 15 is 0 Å². The summed E-state index contributed by atoms with van der Waals surface area (Å²) < 4.78 is 10.3. The average molecular weight is 378 g/mol. The lowest BCUT2D eigenvalue weighted by Gasteiger charge is -2.27. The zero-order valence-electron chi connectivity index (χ0n) is 15.0. The number of benzene rings is 1. The first kappa shape index (κ1) is 18.9. The highest BCUT2D eigenvalue weighted by molar-refractivity contribution is 6.29. The van der Waals surface area contributed by atoms with Crippen LogP contribution in [0.4, 0.5) is 0 Å². The third kappa shape index (κ3) is 5.06. The molecule has 6 nitrogen and oxygen atoms in total. The quantitative estimate of drug-likeness (QED) is 0.803. The van der Waals surface area contributed by atoms with Gasteiger partial charge in [0, 0.05) is 38.2 Å². The minimum Gasteiger partial charge on any atom is -0.379 e. The number of nitrogens with zero attached hydrogens (tertiary/aromatic N) is 2. The Morgan fingerprint density at radius 1 is 1.27 bits per heavy atom. The van der Waals surface area contributed by atoms with Gasteiger partial charge in [-0.25, -0.2) is 0 Å². The van der Waals surface area contributed by atoms with E-state index in [1.54, 1.807) is 0 Å². The molecule has 0 spiro atoms. The van der Waals surface area contributed by atoms with Gasteiger partial charge >= 0.3 is 0 Å². The Kier molecular flexibility index (Phi) is 6.66. The number of halogens is 1.